The van der Waals surface area contributed by atoms with Gasteiger partial charge in [0.05, 0.1) is 11.6 Å². The van der Waals surface area contributed by atoms with E-state index in [1.54, 1.807) is 11.3 Å². The number of benzene rings is 1. The molecule has 1 heterocycles. The molecule has 1 aliphatic carbocycles. The Hall–Kier alpha value is -0.940. The normalized spacial score (nSPS) is 19.3. The molecule has 3 N–H and O–H groups in total. The van der Waals surface area contributed by atoms with Crippen LogP contribution < -0.4 is 11.3 Å². The first-order chi connectivity index (χ1) is 9.28. The maximum atomic E-state index is 5.80. The minimum Gasteiger partial charge on any atom is -0.378 e. The maximum absolute atomic E-state index is 5.80. The average molecular weight is 276 g/mol. The number of nitrogens with one attached hydrogen (secondary N) is 1. The van der Waals surface area contributed by atoms with Crippen LogP contribution in [0.5, 0.6) is 0 Å². The highest BCUT2D eigenvalue weighted by molar-refractivity contribution is 7.17. The molecule has 3 rings (SSSR count). The first kappa shape index (κ1) is 13.1. The molecule has 19 heavy (non-hydrogen) atoms. The van der Waals surface area contributed by atoms with Gasteiger partial charge in [0.2, 0.25) is 0 Å². The molecular formula is C15H20N2OS. The standard InChI is InChI=1S/C15H20N2OS/c1-18-15(7-3-8-15)10-13(17-16)12-5-2-4-11-6-9-19-14(11)12/h2,4-6,9,13,17H,3,7-8,10,16H2,1H3. The van der Waals surface area contributed by atoms with Crippen molar-refractivity contribution in [2.75, 3.05) is 7.11 Å². The van der Waals surface area contributed by atoms with Crippen molar-refractivity contribution in [3.8, 4) is 0 Å². The van der Waals surface area contributed by atoms with Gasteiger partial charge in [0, 0.05) is 11.8 Å². The molecule has 0 bridgehead atoms. The first-order valence-electron chi connectivity index (χ1n) is 6.75. The van der Waals surface area contributed by atoms with E-state index in [0.717, 1.165) is 19.3 Å². The lowest BCUT2D eigenvalue weighted by atomic mass is 9.75. The summed E-state index contributed by atoms with van der Waals surface area (Å²) in [6.45, 7) is 0. The van der Waals surface area contributed by atoms with Crippen molar-refractivity contribution >= 4 is 21.4 Å². The van der Waals surface area contributed by atoms with Crippen molar-refractivity contribution in [3.05, 3.63) is 35.2 Å². The van der Waals surface area contributed by atoms with Crippen molar-refractivity contribution in [2.24, 2.45) is 5.84 Å². The van der Waals surface area contributed by atoms with E-state index in [-0.39, 0.29) is 11.6 Å². The number of ether oxygens (including phenoxy) is 1. The van der Waals surface area contributed by atoms with E-state index >= 15 is 0 Å². The summed E-state index contributed by atoms with van der Waals surface area (Å²) in [5.74, 6) is 5.80. The molecule has 1 fully saturated rings. The molecule has 0 radical (unpaired) electrons. The number of methoxy groups -OCH3 is 1. The van der Waals surface area contributed by atoms with Crippen LogP contribution >= 0.6 is 11.3 Å². The summed E-state index contributed by atoms with van der Waals surface area (Å²) >= 11 is 1.78. The fraction of sp³-hybridized carbons (Fsp3) is 0.467. The molecule has 0 saturated heterocycles. The van der Waals surface area contributed by atoms with Crippen LogP contribution in [0.2, 0.25) is 0 Å². The van der Waals surface area contributed by atoms with Crippen molar-refractivity contribution in [2.45, 2.75) is 37.3 Å². The molecule has 1 aromatic heterocycles. The third-order valence-corrected chi connectivity index (χ3v) is 5.34. The van der Waals surface area contributed by atoms with Gasteiger partial charge in [-0.05, 0) is 48.1 Å². The van der Waals surface area contributed by atoms with E-state index in [1.165, 1.54) is 22.1 Å². The van der Waals surface area contributed by atoms with Gasteiger partial charge in [0.25, 0.3) is 0 Å². The predicted octanol–water partition coefficient (Wildman–Crippen LogP) is 3.36. The Balaban J connectivity index is 1.91. The van der Waals surface area contributed by atoms with Gasteiger partial charge in [-0.3, -0.25) is 11.3 Å². The smallest absolute Gasteiger partial charge is 0.0697 e. The Kier molecular flexibility index (Phi) is 3.58. The molecule has 102 valence electrons. The Morgan fingerprint density at radius 2 is 2.26 bits per heavy atom. The molecule has 3 nitrogen and oxygen atoms in total. The van der Waals surface area contributed by atoms with E-state index < -0.39 is 0 Å². The van der Waals surface area contributed by atoms with Crippen LogP contribution in [0.15, 0.2) is 29.6 Å². The third kappa shape index (κ3) is 2.30. The highest BCUT2D eigenvalue weighted by Gasteiger charge is 2.39. The summed E-state index contributed by atoms with van der Waals surface area (Å²) in [4.78, 5) is 0. The van der Waals surface area contributed by atoms with Gasteiger partial charge < -0.3 is 4.74 Å². The summed E-state index contributed by atoms with van der Waals surface area (Å²) < 4.78 is 7.06. The summed E-state index contributed by atoms with van der Waals surface area (Å²) in [6, 6.07) is 8.74. The molecule has 0 amide bonds. The van der Waals surface area contributed by atoms with Crippen molar-refractivity contribution < 1.29 is 4.74 Å². The first-order valence-corrected chi connectivity index (χ1v) is 7.63. The van der Waals surface area contributed by atoms with E-state index in [1.807, 2.05) is 7.11 Å². The molecule has 0 aliphatic heterocycles. The van der Waals surface area contributed by atoms with E-state index in [2.05, 4.69) is 35.1 Å². The molecule has 1 saturated carbocycles. The van der Waals surface area contributed by atoms with Gasteiger partial charge in [-0.25, -0.2) is 0 Å². The van der Waals surface area contributed by atoms with Crippen LogP contribution in [0.3, 0.4) is 0 Å². The van der Waals surface area contributed by atoms with E-state index in [9.17, 15) is 0 Å². The number of thiophene rings is 1. The summed E-state index contributed by atoms with van der Waals surface area (Å²) in [5, 5.41) is 3.43. The maximum Gasteiger partial charge on any atom is 0.0697 e. The zero-order valence-electron chi connectivity index (χ0n) is 11.2. The van der Waals surface area contributed by atoms with Crippen LogP contribution in [0, 0.1) is 0 Å². The van der Waals surface area contributed by atoms with Gasteiger partial charge in [-0.15, -0.1) is 11.3 Å². The lowest BCUT2D eigenvalue weighted by Gasteiger charge is -2.42. The molecule has 2 aromatic rings. The van der Waals surface area contributed by atoms with Gasteiger partial charge >= 0.3 is 0 Å². The molecule has 1 aliphatic rings. The Bertz CT molecular complexity index is 557. The number of hydrogen-bond acceptors (Lipinski definition) is 4. The largest absolute Gasteiger partial charge is 0.378 e. The fourth-order valence-corrected chi connectivity index (χ4v) is 3.95. The summed E-state index contributed by atoms with van der Waals surface area (Å²) in [6.07, 6.45) is 4.48. The molecule has 1 unspecified atom stereocenters. The third-order valence-electron chi connectivity index (χ3n) is 4.36. The van der Waals surface area contributed by atoms with Crippen LogP contribution in [-0.2, 0) is 4.74 Å². The molecular weight excluding hydrogens is 256 g/mol. The van der Waals surface area contributed by atoms with Crippen LogP contribution in [0.1, 0.15) is 37.3 Å². The van der Waals surface area contributed by atoms with Gasteiger partial charge in [0.1, 0.15) is 0 Å². The second kappa shape index (κ2) is 5.21. The number of nitrogens with two attached hydrogens (primary N) is 1. The molecule has 1 atom stereocenters. The van der Waals surface area contributed by atoms with Crippen LogP contribution in [0.4, 0.5) is 0 Å². The Morgan fingerprint density at radius 1 is 1.42 bits per heavy atom. The molecule has 0 spiro atoms. The van der Waals surface area contributed by atoms with Crippen LogP contribution in [-0.4, -0.2) is 12.7 Å². The van der Waals surface area contributed by atoms with Gasteiger partial charge in [-0.2, -0.15) is 0 Å². The van der Waals surface area contributed by atoms with Gasteiger partial charge in [0.15, 0.2) is 0 Å². The second-order valence-electron chi connectivity index (χ2n) is 5.35. The zero-order valence-corrected chi connectivity index (χ0v) is 12.0. The summed E-state index contributed by atoms with van der Waals surface area (Å²) in [5.41, 5.74) is 4.30. The molecule has 4 heteroatoms. The van der Waals surface area contributed by atoms with Crippen molar-refractivity contribution in [3.63, 3.8) is 0 Å². The lowest BCUT2D eigenvalue weighted by Crippen LogP contribution is -2.44. The SMILES string of the molecule is COC1(CC(NN)c2cccc3ccsc23)CCC1. The minimum absolute atomic E-state index is 0.0243. The number of hydrogen-bond donors (Lipinski definition) is 2. The topological polar surface area (TPSA) is 47.3 Å². The Labute approximate surface area is 117 Å². The zero-order chi connectivity index (χ0) is 13.3. The number of fused-ring (bicyclic) bond motifs is 1. The quantitative estimate of drug-likeness (QED) is 0.650. The van der Waals surface area contributed by atoms with E-state index in [4.69, 9.17) is 10.6 Å². The highest BCUT2D eigenvalue weighted by atomic mass is 32.1. The van der Waals surface area contributed by atoms with E-state index in [0.29, 0.717) is 0 Å². The second-order valence-corrected chi connectivity index (χ2v) is 6.27. The monoisotopic (exact) mass is 276 g/mol. The average Bonchev–Trinajstić information content (AvgIpc) is 2.87. The van der Waals surface area contributed by atoms with Gasteiger partial charge in [-0.1, -0.05) is 18.2 Å². The summed E-state index contributed by atoms with van der Waals surface area (Å²) in [7, 11) is 1.82. The molecule has 1 aromatic carbocycles. The van der Waals surface area contributed by atoms with Crippen molar-refractivity contribution in [1.29, 1.82) is 0 Å². The minimum atomic E-state index is 0.0243. The van der Waals surface area contributed by atoms with Crippen molar-refractivity contribution in [1.82, 2.24) is 5.43 Å². The Morgan fingerprint density at radius 3 is 2.89 bits per heavy atom. The predicted molar refractivity (Wildman–Crippen MR) is 80.1 cm³/mol. The highest BCUT2D eigenvalue weighted by Crippen LogP contribution is 2.43. The van der Waals surface area contributed by atoms with Crippen LogP contribution in [0.25, 0.3) is 10.1 Å². The number of rotatable bonds is 5. The number of hydrazine groups is 1. The lowest BCUT2D eigenvalue weighted by molar-refractivity contribution is -0.0837. The fourth-order valence-electron chi connectivity index (χ4n) is 2.98.